The summed E-state index contributed by atoms with van der Waals surface area (Å²) >= 11 is 0. The largest absolute Gasteiger partial charge is 0.379 e. The first-order chi connectivity index (χ1) is 11.7. The molecular weight excluding hydrogens is 304 g/mol. The zero-order valence-electron chi connectivity index (χ0n) is 14.1. The summed E-state index contributed by atoms with van der Waals surface area (Å²) in [6, 6.07) is 1.86. The summed E-state index contributed by atoms with van der Waals surface area (Å²) in [5.74, 6) is 1.93. The Labute approximate surface area is 142 Å². The number of hydrogen-bond donors (Lipinski definition) is 0. The molecule has 1 atom stereocenters. The molecule has 2 fully saturated rings. The molecule has 128 valence electrons. The molecule has 7 nitrogen and oxygen atoms in total. The molecule has 0 saturated carbocycles. The SMILES string of the molecule is Cn1ccnc1CN1CCOC[C@]2(CCN(c3ncccn3)C2)C1. The average molecular weight is 328 g/mol. The van der Waals surface area contributed by atoms with Crippen LogP contribution in [0.15, 0.2) is 30.9 Å². The fraction of sp³-hybridized carbons (Fsp3) is 0.588. The Morgan fingerprint density at radius 1 is 1.12 bits per heavy atom. The highest BCUT2D eigenvalue weighted by atomic mass is 16.5. The van der Waals surface area contributed by atoms with E-state index in [1.807, 2.05) is 30.9 Å². The Morgan fingerprint density at radius 3 is 2.79 bits per heavy atom. The zero-order chi connectivity index (χ0) is 16.4. The lowest BCUT2D eigenvalue weighted by Crippen LogP contribution is -2.41. The molecule has 2 saturated heterocycles. The summed E-state index contributed by atoms with van der Waals surface area (Å²) in [4.78, 5) is 18.0. The van der Waals surface area contributed by atoms with Crippen LogP contribution in [0.3, 0.4) is 0 Å². The highest BCUT2D eigenvalue weighted by Gasteiger charge is 2.42. The van der Waals surface area contributed by atoms with Crippen molar-refractivity contribution >= 4 is 5.95 Å². The monoisotopic (exact) mass is 328 g/mol. The van der Waals surface area contributed by atoms with Gasteiger partial charge in [0.15, 0.2) is 0 Å². The zero-order valence-corrected chi connectivity index (χ0v) is 14.1. The molecule has 24 heavy (non-hydrogen) atoms. The Hall–Kier alpha value is -1.99. The van der Waals surface area contributed by atoms with Gasteiger partial charge in [-0.3, -0.25) is 4.90 Å². The van der Waals surface area contributed by atoms with Crippen molar-refractivity contribution in [2.45, 2.75) is 13.0 Å². The summed E-state index contributed by atoms with van der Waals surface area (Å²) in [7, 11) is 2.05. The van der Waals surface area contributed by atoms with Crippen molar-refractivity contribution in [2.75, 3.05) is 44.3 Å². The number of aryl methyl sites for hydroxylation is 1. The van der Waals surface area contributed by atoms with Gasteiger partial charge in [0.05, 0.1) is 19.8 Å². The standard InChI is InChI=1S/C17H24N6O/c1-21-8-6-18-15(21)11-22-9-10-24-14-17(12-22)3-7-23(13-17)16-19-4-2-5-20-16/h2,4-6,8H,3,7,9-14H2,1H3/t17-/m1/s1. The van der Waals surface area contributed by atoms with E-state index in [1.165, 1.54) is 0 Å². The van der Waals surface area contributed by atoms with Gasteiger partial charge in [-0.15, -0.1) is 0 Å². The van der Waals surface area contributed by atoms with Crippen LogP contribution in [0.1, 0.15) is 12.2 Å². The number of nitrogens with zero attached hydrogens (tertiary/aromatic N) is 6. The minimum Gasteiger partial charge on any atom is -0.379 e. The molecule has 0 bridgehead atoms. The summed E-state index contributed by atoms with van der Waals surface area (Å²) in [6.07, 6.45) is 8.60. The fourth-order valence-corrected chi connectivity index (χ4v) is 3.77. The van der Waals surface area contributed by atoms with Crippen molar-refractivity contribution in [1.29, 1.82) is 0 Å². The molecule has 7 heteroatoms. The van der Waals surface area contributed by atoms with E-state index in [1.54, 1.807) is 0 Å². The van der Waals surface area contributed by atoms with E-state index in [0.29, 0.717) is 0 Å². The quantitative estimate of drug-likeness (QED) is 0.836. The van der Waals surface area contributed by atoms with Crippen LogP contribution < -0.4 is 4.90 Å². The van der Waals surface area contributed by atoms with E-state index in [4.69, 9.17) is 4.74 Å². The highest BCUT2D eigenvalue weighted by molar-refractivity contribution is 5.32. The van der Waals surface area contributed by atoms with E-state index < -0.39 is 0 Å². The van der Waals surface area contributed by atoms with Gasteiger partial charge in [-0.1, -0.05) is 0 Å². The lowest BCUT2D eigenvalue weighted by molar-refractivity contribution is 0.0797. The molecule has 0 aromatic carbocycles. The molecule has 4 heterocycles. The Bertz CT molecular complexity index is 675. The number of rotatable bonds is 3. The first-order valence-electron chi connectivity index (χ1n) is 8.52. The molecule has 0 N–H and O–H groups in total. The normalized spacial score (nSPS) is 25.3. The van der Waals surface area contributed by atoms with E-state index in [0.717, 1.165) is 64.1 Å². The van der Waals surface area contributed by atoms with Gasteiger partial charge in [-0.2, -0.15) is 0 Å². The van der Waals surface area contributed by atoms with Gasteiger partial charge in [-0.25, -0.2) is 15.0 Å². The minimum atomic E-state index is 0.154. The van der Waals surface area contributed by atoms with Gasteiger partial charge in [0.25, 0.3) is 0 Å². The maximum Gasteiger partial charge on any atom is 0.225 e. The predicted molar refractivity (Wildman–Crippen MR) is 90.6 cm³/mol. The maximum atomic E-state index is 5.96. The molecule has 0 unspecified atom stereocenters. The van der Waals surface area contributed by atoms with E-state index in [9.17, 15) is 0 Å². The van der Waals surface area contributed by atoms with Crippen molar-refractivity contribution in [3.8, 4) is 0 Å². The second kappa shape index (κ2) is 6.49. The summed E-state index contributed by atoms with van der Waals surface area (Å²) in [5.41, 5.74) is 0.154. The van der Waals surface area contributed by atoms with Gasteiger partial charge >= 0.3 is 0 Å². The van der Waals surface area contributed by atoms with Crippen LogP contribution in [-0.2, 0) is 18.3 Å². The first-order valence-corrected chi connectivity index (χ1v) is 8.52. The molecule has 2 aromatic heterocycles. The van der Waals surface area contributed by atoms with Crippen molar-refractivity contribution in [3.63, 3.8) is 0 Å². The highest BCUT2D eigenvalue weighted by Crippen LogP contribution is 2.35. The van der Waals surface area contributed by atoms with Crippen LogP contribution >= 0.6 is 0 Å². The van der Waals surface area contributed by atoms with Crippen molar-refractivity contribution in [1.82, 2.24) is 24.4 Å². The lowest BCUT2D eigenvalue weighted by Gasteiger charge is -2.31. The molecule has 0 radical (unpaired) electrons. The average Bonchev–Trinajstić information content (AvgIpc) is 3.13. The molecule has 2 aliphatic heterocycles. The molecule has 2 aliphatic rings. The Morgan fingerprint density at radius 2 is 2.00 bits per heavy atom. The van der Waals surface area contributed by atoms with Gasteiger partial charge in [0.1, 0.15) is 5.82 Å². The van der Waals surface area contributed by atoms with E-state index >= 15 is 0 Å². The molecule has 1 spiro atoms. The van der Waals surface area contributed by atoms with Crippen molar-refractivity contribution < 1.29 is 4.74 Å². The van der Waals surface area contributed by atoms with E-state index in [-0.39, 0.29) is 5.41 Å². The van der Waals surface area contributed by atoms with Crippen LogP contribution in [-0.4, -0.2) is 63.8 Å². The van der Waals surface area contributed by atoms with Crippen molar-refractivity contribution in [3.05, 3.63) is 36.7 Å². The van der Waals surface area contributed by atoms with Gasteiger partial charge in [0, 0.05) is 63.4 Å². The van der Waals surface area contributed by atoms with Crippen LogP contribution in [0, 0.1) is 5.41 Å². The maximum absolute atomic E-state index is 5.96. The fourth-order valence-electron chi connectivity index (χ4n) is 3.77. The number of hydrogen-bond acceptors (Lipinski definition) is 6. The molecular formula is C17H24N6O. The lowest BCUT2D eigenvalue weighted by atomic mass is 9.87. The third-order valence-corrected chi connectivity index (χ3v) is 5.08. The van der Waals surface area contributed by atoms with E-state index in [2.05, 4.69) is 36.4 Å². The van der Waals surface area contributed by atoms with Crippen LogP contribution in [0.25, 0.3) is 0 Å². The van der Waals surface area contributed by atoms with Crippen LogP contribution in [0.4, 0.5) is 5.95 Å². The Balaban J connectivity index is 1.47. The number of aromatic nitrogens is 4. The summed E-state index contributed by atoms with van der Waals surface area (Å²) in [5, 5.41) is 0. The third kappa shape index (κ3) is 3.14. The first kappa shape index (κ1) is 15.5. The van der Waals surface area contributed by atoms with Crippen LogP contribution in [0.5, 0.6) is 0 Å². The smallest absolute Gasteiger partial charge is 0.225 e. The number of anilines is 1. The third-order valence-electron chi connectivity index (χ3n) is 5.08. The summed E-state index contributed by atoms with van der Waals surface area (Å²) < 4.78 is 8.05. The molecule has 2 aromatic rings. The van der Waals surface area contributed by atoms with Crippen molar-refractivity contribution in [2.24, 2.45) is 12.5 Å². The number of imidazole rings is 1. The molecule has 4 rings (SSSR count). The molecule has 0 amide bonds. The minimum absolute atomic E-state index is 0.154. The Kier molecular flexibility index (Phi) is 4.20. The molecule has 0 aliphatic carbocycles. The van der Waals surface area contributed by atoms with Gasteiger partial charge in [0.2, 0.25) is 5.95 Å². The summed E-state index contributed by atoms with van der Waals surface area (Å²) in [6.45, 7) is 6.40. The second-order valence-electron chi connectivity index (χ2n) is 6.94. The predicted octanol–water partition coefficient (Wildman–Crippen LogP) is 0.939. The van der Waals surface area contributed by atoms with Gasteiger partial charge < -0.3 is 14.2 Å². The number of ether oxygens (including phenoxy) is 1. The van der Waals surface area contributed by atoms with Crippen LogP contribution in [0.2, 0.25) is 0 Å². The van der Waals surface area contributed by atoms with Gasteiger partial charge in [-0.05, 0) is 12.5 Å². The second-order valence-corrected chi connectivity index (χ2v) is 6.94. The topological polar surface area (TPSA) is 59.3 Å².